The minimum absolute atomic E-state index is 0.249. The number of aromatic nitrogens is 2. The predicted molar refractivity (Wildman–Crippen MR) is 81.0 cm³/mol. The third-order valence-electron chi connectivity index (χ3n) is 2.79. The molecule has 1 heterocycles. The second-order valence-corrected chi connectivity index (χ2v) is 5.05. The number of benzene rings is 1. The van der Waals surface area contributed by atoms with Gasteiger partial charge in [0.2, 0.25) is 0 Å². The molecule has 0 saturated heterocycles. The third kappa shape index (κ3) is 4.47. The molecule has 0 aliphatic rings. The van der Waals surface area contributed by atoms with Gasteiger partial charge in [0.05, 0.1) is 0 Å². The first-order valence-corrected chi connectivity index (χ1v) is 6.88. The lowest BCUT2D eigenvalue weighted by Crippen LogP contribution is -2.19. The Balaban J connectivity index is 2.02. The molecule has 0 spiro atoms. The van der Waals surface area contributed by atoms with Crippen LogP contribution in [0.5, 0.6) is 0 Å². The highest BCUT2D eigenvalue weighted by atomic mass is 35.5. The van der Waals surface area contributed by atoms with Crippen molar-refractivity contribution < 1.29 is 4.74 Å². The fraction of sp³-hybridized carbons (Fsp3) is 0.333. The van der Waals surface area contributed by atoms with Gasteiger partial charge in [0.25, 0.3) is 0 Å². The van der Waals surface area contributed by atoms with Gasteiger partial charge in [-0.05, 0) is 18.9 Å². The van der Waals surface area contributed by atoms with Crippen LogP contribution >= 0.6 is 11.6 Å². The van der Waals surface area contributed by atoms with Gasteiger partial charge in [-0.1, -0.05) is 41.9 Å². The summed E-state index contributed by atoms with van der Waals surface area (Å²) in [5.74, 6) is 1.30. The van der Waals surface area contributed by atoms with E-state index >= 15 is 0 Å². The van der Waals surface area contributed by atoms with E-state index in [2.05, 4.69) is 34.3 Å². The molecular formula is C15H18ClN3O. The second kappa shape index (κ2) is 7.22. The van der Waals surface area contributed by atoms with Crippen LogP contribution in [0.3, 0.4) is 0 Å². The van der Waals surface area contributed by atoms with Crippen molar-refractivity contribution in [2.75, 3.05) is 12.4 Å². The third-order valence-corrected chi connectivity index (χ3v) is 2.99. The first kappa shape index (κ1) is 14.8. The quantitative estimate of drug-likeness (QED) is 0.830. The maximum absolute atomic E-state index is 5.98. The lowest BCUT2D eigenvalue weighted by Gasteiger charge is -2.15. The van der Waals surface area contributed by atoms with E-state index in [4.69, 9.17) is 16.3 Å². The van der Waals surface area contributed by atoms with Gasteiger partial charge >= 0.3 is 0 Å². The number of hydrogen-bond donors (Lipinski definition) is 1. The Morgan fingerprint density at radius 3 is 2.70 bits per heavy atom. The molecule has 0 aliphatic heterocycles. The highest BCUT2D eigenvalue weighted by Crippen LogP contribution is 2.14. The minimum Gasteiger partial charge on any atom is -0.377 e. The van der Waals surface area contributed by atoms with Gasteiger partial charge in [-0.2, -0.15) is 0 Å². The number of ether oxygens (including phenoxy) is 1. The Morgan fingerprint density at radius 2 is 2.00 bits per heavy atom. The van der Waals surface area contributed by atoms with Crippen molar-refractivity contribution in [1.82, 2.24) is 9.97 Å². The van der Waals surface area contributed by atoms with Crippen molar-refractivity contribution in [2.45, 2.75) is 26.0 Å². The first-order valence-electron chi connectivity index (χ1n) is 6.50. The molecule has 1 aromatic heterocycles. The van der Waals surface area contributed by atoms with Crippen molar-refractivity contribution in [3.63, 3.8) is 0 Å². The van der Waals surface area contributed by atoms with E-state index in [1.165, 1.54) is 5.56 Å². The monoisotopic (exact) mass is 291 g/mol. The Hall–Kier alpha value is -1.65. The van der Waals surface area contributed by atoms with Crippen molar-refractivity contribution in [1.29, 1.82) is 0 Å². The molecule has 0 saturated carbocycles. The molecule has 20 heavy (non-hydrogen) atoms. The molecule has 0 aliphatic carbocycles. The van der Waals surface area contributed by atoms with Crippen molar-refractivity contribution in [2.24, 2.45) is 0 Å². The van der Waals surface area contributed by atoms with Crippen molar-refractivity contribution in [3.8, 4) is 0 Å². The van der Waals surface area contributed by atoms with Crippen LogP contribution < -0.4 is 5.32 Å². The second-order valence-electron chi connectivity index (χ2n) is 4.66. The largest absolute Gasteiger partial charge is 0.377 e. The topological polar surface area (TPSA) is 47.0 Å². The van der Waals surface area contributed by atoms with Crippen LogP contribution in [-0.4, -0.2) is 23.1 Å². The Kier molecular flexibility index (Phi) is 5.32. The van der Waals surface area contributed by atoms with E-state index in [9.17, 15) is 0 Å². The average Bonchev–Trinajstić information content (AvgIpc) is 2.39. The van der Waals surface area contributed by atoms with Gasteiger partial charge in [0.15, 0.2) is 5.82 Å². The summed E-state index contributed by atoms with van der Waals surface area (Å²) in [6.07, 6.45) is 0.919. The molecule has 2 aromatic rings. The number of nitrogens with zero attached hydrogens (tertiary/aromatic N) is 2. The molecule has 0 bridgehead atoms. The molecule has 1 unspecified atom stereocenters. The molecule has 4 nitrogen and oxygen atoms in total. The number of hydrogen-bond acceptors (Lipinski definition) is 4. The summed E-state index contributed by atoms with van der Waals surface area (Å²) in [6, 6.07) is 12.3. The van der Waals surface area contributed by atoms with Crippen molar-refractivity contribution in [3.05, 3.63) is 52.9 Å². The number of methoxy groups -OCH3 is 1. The Morgan fingerprint density at radius 1 is 1.25 bits per heavy atom. The van der Waals surface area contributed by atoms with E-state index in [1.807, 2.05) is 18.2 Å². The van der Waals surface area contributed by atoms with Gasteiger partial charge in [0, 0.05) is 19.2 Å². The van der Waals surface area contributed by atoms with E-state index in [1.54, 1.807) is 13.2 Å². The molecule has 0 radical (unpaired) electrons. The Labute approximate surface area is 124 Å². The normalized spacial score (nSPS) is 12.2. The maximum Gasteiger partial charge on any atom is 0.158 e. The van der Waals surface area contributed by atoms with Gasteiger partial charge in [-0.15, -0.1) is 0 Å². The van der Waals surface area contributed by atoms with Gasteiger partial charge < -0.3 is 10.1 Å². The smallest absolute Gasteiger partial charge is 0.158 e. The van der Waals surface area contributed by atoms with Crippen LogP contribution in [0.4, 0.5) is 5.82 Å². The minimum atomic E-state index is 0.249. The van der Waals surface area contributed by atoms with Gasteiger partial charge in [-0.25, -0.2) is 9.97 Å². The van der Waals surface area contributed by atoms with E-state index < -0.39 is 0 Å². The molecule has 1 atom stereocenters. The summed E-state index contributed by atoms with van der Waals surface area (Å²) < 4.78 is 5.03. The predicted octanol–water partition coefficient (Wildman–Crippen LogP) is 3.32. The molecule has 1 N–H and O–H groups in total. The molecule has 106 valence electrons. The van der Waals surface area contributed by atoms with Crippen LogP contribution in [0.15, 0.2) is 36.4 Å². The number of anilines is 1. The van der Waals surface area contributed by atoms with Crippen LogP contribution in [0.2, 0.25) is 5.15 Å². The van der Waals surface area contributed by atoms with Crippen molar-refractivity contribution >= 4 is 17.4 Å². The summed E-state index contributed by atoms with van der Waals surface area (Å²) in [7, 11) is 1.61. The summed E-state index contributed by atoms with van der Waals surface area (Å²) >= 11 is 5.98. The molecule has 2 rings (SSSR count). The van der Waals surface area contributed by atoms with Gasteiger partial charge in [-0.3, -0.25) is 0 Å². The molecule has 0 fully saturated rings. The van der Waals surface area contributed by atoms with E-state index in [-0.39, 0.29) is 6.04 Å². The standard InChI is InChI=1S/C15H18ClN3O/c1-11(8-12-6-4-3-5-7-12)17-14-9-13(16)18-15(19-14)10-20-2/h3-7,9,11H,8,10H2,1-2H3,(H,17,18,19). The number of rotatable bonds is 6. The lowest BCUT2D eigenvalue weighted by atomic mass is 10.1. The first-order chi connectivity index (χ1) is 9.67. The Bertz CT molecular complexity index is 548. The molecule has 5 heteroatoms. The van der Waals surface area contributed by atoms with Crippen LogP contribution in [0.1, 0.15) is 18.3 Å². The number of nitrogens with one attached hydrogen (secondary N) is 1. The zero-order valence-electron chi connectivity index (χ0n) is 11.6. The molecular weight excluding hydrogens is 274 g/mol. The van der Waals surface area contributed by atoms with Crippen LogP contribution in [0.25, 0.3) is 0 Å². The SMILES string of the molecule is COCc1nc(Cl)cc(NC(C)Cc2ccccc2)n1. The van der Waals surface area contributed by atoms with Crippen LogP contribution in [0, 0.1) is 0 Å². The lowest BCUT2D eigenvalue weighted by molar-refractivity contribution is 0.178. The fourth-order valence-corrected chi connectivity index (χ4v) is 2.20. The zero-order valence-corrected chi connectivity index (χ0v) is 12.4. The zero-order chi connectivity index (χ0) is 14.4. The van der Waals surface area contributed by atoms with E-state index in [0.29, 0.717) is 17.6 Å². The average molecular weight is 292 g/mol. The van der Waals surface area contributed by atoms with E-state index in [0.717, 1.165) is 12.2 Å². The van der Waals surface area contributed by atoms with Gasteiger partial charge in [0.1, 0.15) is 17.6 Å². The molecule has 1 aromatic carbocycles. The fourth-order valence-electron chi connectivity index (χ4n) is 2.00. The maximum atomic E-state index is 5.98. The highest BCUT2D eigenvalue weighted by Gasteiger charge is 2.07. The highest BCUT2D eigenvalue weighted by molar-refractivity contribution is 6.29. The summed E-state index contributed by atoms with van der Waals surface area (Å²) in [4.78, 5) is 8.48. The molecule has 0 amide bonds. The number of halogens is 1. The van der Waals surface area contributed by atoms with Crippen LogP contribution in [-0.2, 0) is 17.8 Å². The summed E-state index contributed by atoms with van der Waals surface area (Å²) in [5.41, 5.74) is 1.28. The summed E-state index contributed by atoms with van der Waals surface area (Å²) in [5, 5.41) is 3.76. The summed E-state index contributed by atoms with van der Waals surface area (Å²) in [6.45, 7) is 2.46.